The van der Waals surface area contributed by atoms with Gasteiger partial charge in [-0.3, -0.25) is 5.10 Å². The minimum Gasteiger partial charge on any atom is -0.444 e. The van der Waals surface area contributed by atoms with Crippen LogP contribution in [0.25, 0.3) is 0 Å². The lowest BCUT2D eigenvalue weighted by Gasteiger charge is -2.25. The Balaban J connectivity index is 1.94. The average molecular weight is 363 g/mol. The van der Waals surface area contributed by atoms with Crippen LogP contribution in [-0.2, 0) is 17.6 Å². The van der Waals surface area contributed by atoms with Crippen LogP contribution in [0.1, 0.15) is 38.4 Å². The highest BCUT2D eigenvalue weighted by atomic mass is 127. The Kier molecular flexibility index (Phi) is 3.84. The summed E-state index contributed by atoms with van der Waals surface area (Å²) in [5, 5.41) is 10.2. The predicted molar refractivity (Wildman–Crippen MR) is 76.5 cm³/mol. The molecule has 0 saturated heterocycles. The number of hydrogen-bond acceptors (Lipinski definition) is 3. The first kappa shape index (κ1) is 13.6. The molecular weight excluding hydrogens is 345 g/mol. The quantitative estimate of drug-likeness (QED) is 0.753. The summed E-state index contributed by atoms with van der Waals surface area (Å²) in [6.45, 7) is 5.60. The minimum absolute atomic E-state index is 0.137. The molecule has 1 aromatic heterocycles. The summed E-state index contributed by atoms with van der Waals surface area (Å²) in [4.78, 5) is 11.7. The number of aryl methyl sites for hydroxylation is 1. The fourth-order valence-corrected chi connectivity index (χ4v) is 2.72. The summed E-state index contributed by atoms with van der Waals surface area (Å²) < 4.78 is 6.26. The number of ether oxygens (including phenoxy) is 1. The number of H-pyrrole nitrogens is 1. The first-order valence-electron chi connectivity index (χ1n) is 6.06. The number of nitrogens with one attached hydrogen (secondary N) is 2. The van der Waals surface area contributed by atoms with Crippen LogP contribution in [-0.4, -0.2) is 27.9 Å². The zero-order valence-electron chi connectivity index (χ0n) is 10.8. The zero-order chi connectivity index (χ0) is 13.3. The minimum atomic E-state index is -0.450. The molecule has 2 N–H and O–H groups in total. The Bertz CT molecular complexity index is 451. The molecule has 0 radical (unpaired) electrons. The van der Waals surface area contributed by atoms with Gasteiger partial charge in [-0.05, 0) is 62.6 Å². The maximum Gasteiger partial charge on any atom is 0.407 e. The van der Waals surface area contributed by atoms with Crippen LogP contribution in [0.15, 0.2) is 0 Å². The number of hydrogen-bond donors (Lipinski definition) is 2. The Labute approximate surface area is 120 Å². The fraction of sp³-hybridized carbons (Fsp3) is 0.667. The molecular formula is C12H18IN3O2. The number of rotatable bonds is 1. The molecule has 0 saturated carbocycles. The van der Waals surface area contributed by atoms with Crippen molar-refractivity contribution in [3.05, 3.63) is 15.0 Å². The van der Waals surface area contributed by atoms with E-state index in [2.05, 4.69) is 38.1 Å². The van der Waals surface area contributed by atoms with Crippen LogP contribution < -0.4 is 5.32 Å². The third-order valence-electron chi connectivity index (χ3n) is 2.82. The van der Waals surface area contributed by atoms with Crippen LogP contribution in [0.2, 0.25) is 0 Å². The first-order chi connectivity index (χ1) is 8.35. The summed E-state index contributed by atoms with van der Waals surface area (Å²) in [7, 11) is 0. The Morgan fingerprint density at radius 3 is 2.94 bits per heavy atom. The van der Waals surface area contributed by atoms with E-state index in [9.17, 15) is 4.79 Å². The molecule has 0 aliphatic heterocycles. The smallest absolute Gasteiger partial charge is 0.407 e. The summed E-state index contributed by atoms with van der Waals surface area (Å²) in [5.41, 5.74) is 1.97. The lowest BCUT2D eigenvalue weighted by Crippen LogP contribution is -2.41. The third-order valence-corrected chi connectivity index (χ3v) is 3.71. The molecule has 0 fully saturated rings. The maximum atomic E-state index is 11.7. The standard InChI is InChI=1S/C12H18IN3O2/c1-12(2,3)18-11(17)14-7-4-5-9-8(6-7)10(13)16-15-9/h7H,4-6H2,1-3H3,(H,14,17)(H,15,16). The van der Waals surface area contributed by atoms with E-state index in [1.165, 1.54) is 11.3 Å². The van der Waals surface area contributed by atoms with E-state index in [0.717, 1.165) is 23.0 Å². The number of aromatic amines is 1. The van der Waals surface area contributed by atoms with Crippen molar-refractivity contribution < 1.29 is 9.53 Å². The molecule has 0 bridgehead atoms. The van der Waals surface area contributed by atoms with Crippen molar-refractivity contribution in [2.45, 2.75) is 51.7 Å². The van der Waals surface area contributed by atoms with Crippen molar-refractivity contribution in [1.82, 2.24) is 15.5 Å². The number of aromatic nitrogens is 2. The van der Waals surface area contributed by atoms with Gasteiger partial charge in [0.1, 0.15) is 9.30 Å². The first-order valence-corrected chi connectivity index (χ1v) is 7.14. The molecule has 5 nitrogen and oxygen atoms in total. The third kappa shape index (κ3) is 3.37. The van der Waals surface area contributed by atoms with Gasteiger partial charge >= 0.3 is 6.09 Å². The Morgan fingerprint density at radius 1 is 1.56 bits per heavy atom. The molecule has 0 spiro atoms. The van der Waals surface area contributed by atoms with Gasteiger partial charge in [-0.15, -0.1) is 0 Å². The van der Waals surface area contributed by atoms with E-state index in [1.807, 2.05) is 20.8 Å². The van der Waals surface area contributed by atoms with Crippen molar-refractivity contribution in [2.75, 3.05) is 0 Å². The van der Waals surface area contributed by atoms with E-state index in [1.54, 1.807) is 0 Å². The lowest BCUT2D eigenvalue weighted by molar-refractivity contribution is 0.0500. The highest BCUT2D eigenvalue weighted by Gasteiger charge is 2.25. The number of fused-ring (bicyclic) bond motifs is 1. The van der Waals surface area contributed by atoms with Crippen molar-refractivity contribution in [2.24, 2.45) is 0 Å². The van der Waals surface area contributed by atoms with Gasteiger partial charge in [0.25, 0.3) is 0 Å². The zero-order valence-corrected chi connectivity index (χ0v) is 13.0. The summed E-state index contributed by atoms with van der Waals surface area (Å²) in [5.74, 6) is 0. The molecule has 1 aliphatic carbocycles. The van der Waals surface area contributed by atoms with Gasteiger partial charge in [-0.2, -0.15) is 5.10 Å². The van der Waals surface area contributed by atoms with Gasteiger partial charge in [0, 0.05) is 17.3 Å². The van der Waals surface area contributed by atoms with Crippen LogP contribution in [0.4, 0.5) is 4.79 Å². The maximum absolute atomic E-state index is 11.7. The van der Waals surface area contributed by atoms with Crippen LogP contribution >= 0.6 is 22.6 Å². The average Bonchev–Trinajstić information content (AvgIpc) is 2.57. The predicted octanol–water partition coefficient (Wildman–Crippen LogP) is 2.40. The number of carbonyl (C=O) groups excluding carboxylic acids is 1. The number of halogens is 1. The van der Waals surface area contributed by atoms with Crippen LogP contribution in [0.5, 0.6) is 0 Å². The Hall–Kier alpha value is -0.790. The molecule has 1 amide bonds. The highest BCUT2D eigenvalue weighted by Crippen LogP contribution is 2.23. The van der Waals surface area contributed by atoms with Crippen LogP contribution in [0.3, 0.4) is 0 Å². The molecule has 1 unspecified atom stereocenters. The van der Waals surface area contributed by atoms with E-state index in [4.69, 9.17) is 4.74 Å². The van der Waals surface area contributed by atoms with Gasteiger partial charge < -0.3 is 10.1 Å². The topological polar surface area (TPSA) is 67.0 Å². The van der Waals surface area contributed by atoms with Gasteiger partial charge in [0.05, 0.1) is 0 Å². The SMILES string of the molecule is CC(C)(C)OC(=O)NC1CCc2[nH]nc(I)c2C1. The molecule has 1 aliphatic rings. The van der Waals surface area contributed by atoms with Crippen molar-refractivity contribution in [3.63, 3.8) is 0 Å². The number of carbonyl (C=O) groups is 1. The van der Waals surface area contributed by atoms with Crippen molar-refractivity contribution >= 4 is 28.7 Å². The van der Waals surface area contributed by atoms with Gasteiger partial charge in [-0.1, -0.05) is 0 Å². The molecule has 1 heterocycles. The molecule has 1 atom stereocenters. The largest absolute Gasteiger partial charge is 0.444 e. The highest BCUT2D eigenvalue weighted by molar-refractivity contribution is 14.1. The summed E-state index contributed by atoms with van der Waals surface area (Å²) in [6.07, 6.45) is 2.33. The lowest BCUT2D eigenvalue weighted by atomic mass is 9.94. The number of alkyl carbamates (subject to hydrolysis) is 1. The Morgan fingerprint density at radius 2 is 2.28 bits per heavy atom. The number of nitrogens with zero attached hydrogens (tertiary/aromatic N) is 1. The van der Waals surface area contributed by atoms with E-state index < -0.39 is 5.60 Å². The monoisotopic (exact) mass is 363 g/mol. The normalized spacial score (nSPS) is 19.2. The van der Waals surface area contributed by atoms with Gasteiger partial charge in [0.2, 0.25) is 0 Å². The van der Waals surface area contributed by atoms with Crippen molar-refractivity contribution in [1.29, 1.82) is 0 Å². The fourth-order valence-electron chi connectivity index (χ4n) is 2.05. The second-order valence-electron chi connectivity index (χ2n) is 5.56. The molecule has 1 aromatic rings. The second-order valence-corrected chi connectivity index (χ2v) is 6.58. The molecule has 0 aromatic carbocycles. The molecule has 18 heavy (non-hydrogen) atoms. The van der Waals surface area contributed by atoms with Gasteiger partial charge in [-0.25, -0.2) is 4.79 Å². The molecule has 100 valence electrons. The second kappa shape index (κ2) is 5.07. The summed E-state index contributed by atoms with van der Waals surface area (Å²) in [6, 6.07) is 0.137. The van der Waals surface area contributed by atoms with Crippen molar-refractivity contribution in [3.8, 4) is 0 Å². The number of amides is 1. The summed E-state index contributed by atoms with van der Waals surface area (Å²) >= 11 is 2.22. The molecule has 6 heteroatoms. The van der Waals surface area contributed by atoms with E-state index >= 15 is 0 Å². The van der Waals surface area contributed by atoms with Gasteiger partial charge in [0.15, 0.2) is 0 Å². The van der Waals surface area contributed by atoms with E-state index in [-0.39, 0.29) is 12.1 Å². The van der Waals surface area contributed by atoms with Crippen LogP contribution in [0, 0.1) is 3.70 Å². The van der Waals surface area contributed by atoms with E-state index in [0.29, 0.717) is 0 Å². The molecule has 2 rings (SSSR count).